The van der Waals surface area contributed by atoms with E-state index in [4.69, 9.17) is 0 Å². The van der Waals surface area contributed by atoms with E-state index in [0.29, 0.717) is 0 Å². The predicted octanol–water partition coefficient (Wildman–Crippen LogP) is 7.21. The lowest BCUT2D eigenvalue weighted by Crippen LogP contribution is -2.23. The summed E-state index contributed by atoms with van der Waals surface area (Å²) >= 11 is 0. The van der Waals surface area contributed by atoms with Crippen LogP contribution in [-0.2, 0) is 0 Å². The first-order valence-corrected chi connectivity index (χ1v) is 10.9. The highest BCUT2D eigenvalue weighted by molar-refractivity contribution is 4.66. The smallest absolute Gasteiger partial charge is 0.00206 e. The van der Waals surface area contributed by atoms with Crippen molar-refractivity contribution in [2.75, 3.05) is 13.1 Å². The standard InChI is InChI=1S/C22H47N/c1-6-10-11-12-13-21(8-3)16-14-20(5)15-17-22(9-4)19-23-18-7-2/h20-23H,6-19H2,1-5H3. The molecule has 0 bridgehead atoms. The van der Waals surface area contributed by atoms with Crippen LogP contribution in [0.15, 0.2) is 0 Å². The molecule has 0 saturated heterocycles. The van der Waals surface area contributed by atoms with E-state index in [1.807, 2.05) is 0 Å². The van der Waals surface area contributed by atoms with Crippen molar-refractivity contribution in [3.63, 3.8) is 0 Å². The predicted molar refractivity (Wildman–Crippen MR) is 107 cm³/mol. The Hall–Kier alpha value is -0.0400. The maximum Gasteiger partial charge on any atom is -0.00206 e. The van der Waals surface area contributed by atoms with Crippen molar-refractivity contribution >= 4 is 0 Å². The van der Waals surface area contributed by atoms with E-state index in [9.17, 15) is 0 Å². The van der Waals surface area contributed by atoms with Crippen LogP contribution in [0.25, 0.3) is 0 Å². The number of hydrogen-bond acceptors (Lipinski definition) is 1. The molecule has 1 heteroatoms. The second-order valence-corrected chi connectivity index (χ2v) is 7.86. The van der Waals surface area contributed by atoms with Gasteiger partial charge in [-0.3, -0.25) is 0 Å². The molecule has 0 heterocycles. The third-order valence-corrected chi connectivity index (χ3v) is 5.62. The highest BCUT2D eigenvalue weighted by Gasteiger charge is 2.12. The minimum atomic E-state index is 0.889. The van der Waals surface area contributed by atoms with E-state index in [0.717, 1.165) is 17.8 Å². The van der Waals surface area contributed by atoms with Crippen LogP contribution < -0.4 is 5.32 Å². The Morgan fingerprint density at radius 1 is 0.652 bits per heavy atom. The molecule has 0 aromatic rings. The lowest BCUT2D eigenvalue weighted by molar-refractivity contribution is 0.331. The van der Waals surface area contributed by atoms with E-state index in [1.165, 1.54) is 90.1 Å². The number of hydrogen-bond donors (Lipinski definition) is 1. The minimum Gasteiger partial charge on any atom is -0.316 e. The Bertz CT molecular complexity index is 226. The zero-order valence-corrected chi connectivity index (χ0v) is 17.1. The zero-order valence-electron chi connectivity index (χ0n) is 17.1. The Labute approximate surface area is 148 Å². The average Bonchev–Trinajstić information content (AvgIpc) is 2.57. The van der Waals surface area contributed by atoms with Crippen LogP contribution >= 0.6 is 0 Å². The fourth-order valence-electron chi connectivity index (χ4n) is 3.53. The van der Waals surface area contributed by atoms with Gasteiger partial charge in [0.05, 0.1) is 0 Å². The van der Waals surface area contributed by atoms with Gasteiger partial charge in [0.2, 0.25) is 0 Å². The van der Waals surface area contributed by atoms with E-state index < -0.39 is 0 Å². The normalized spacial score (nSPS) is 15.5. The molecule has 0 amide bonds. The van der Waals surface area contributed by atoms with Gasteiger partial charge in [-0.05, 0) is 43.7 Å². The van der Waals surface area contributed by atoms with Crippen molar-refractivity contribution in [1.82, 2.24) is 5.32 Å². The van der Waals surface area contributed by atoms with Crippen molar-refractivity contribution in [1.29, 1.82) is 0 Å². The molecule has 23 heavy (non-hydrogen) atoms. The van der Waals surface area contributed by atoms with Crippen molar-refractivity contribution in [3.8, 4) is 0 Å². The summed E-state index contributed by atoms with van der Waals surface area (Å²) in [6, 6.07) is 0. The summed E-state index contributed by atoms with van der Waals surface area (Å²) in [7, 11) is 0. The zero-order chi connectivity index (χ0) is 17.3. The first kappa shape index (κ1) is 23.0. The molecule has 0 fully saturated rings. The van der Waals surface area contributed by atoms with Gasteiger partial charge in [-0.15, -0.1) is 0 Å². The van der Waals surface area contributed by atoms with Gasteiger partial charge in [0.15, 0.2) is 0 Å². The maximum absolute atomic E-state index is 3.60. The molecule has 0 aliphatic carbocycles. The molecule has 0 spiro atoms. The number of unbranched alkanes of at least 4 members (excludes halogenated alkanes) is 3. The molecule has 0 aromatic heterocycles. The number of rotatable bonds is 17. The molecule has 3 atom stereocenters. The molecule has 0 saturated carbocycles. The second kappa shape index (κ2) is 16.8. The second-order valence-electron chi connectivity index (χ2n) is 7.86. The highest BCUT2D eigenvalue weighted by atomic mass is 14.8. The van der Waals surface area contributed by atoms with Gasteiger partial charge in [-0.1, -0.05) is 98.8 Å². The van der Waals surface area contributed by atoms with E-state index in [-0.39, 0.29) is 0 Å². The highest BCUT2D eigenvalue weighted by Crippen LogP contribution is 2.25. The monoisotopic (exact) mass is 325 g/mol. The van der Waals surface area contributed by atoms with Crippen LogP contribution in [0.1, 0.15) is 112 Å². The van der Waals surface area contributed by atoms with Crippen LogP contribution in [0.3, 0.4) is 0 Å². The average molecular weight is 326 g/mol. The summed E-state index contributed by atoms with van der Waals surface area (Å²) in [5.41, 5.74) is 0. The third-order valence-electron chi connectivity index (χ3n) is 5.62. The van der Waals surface area contributed by atoms with Crippen molar-refractivity contribution < 1.29 is 0 Å². The van der Waals surface area contributed by atoms with Gasteiger partial charge in [0, 0.05) is 0 Å². The summed E-state index contributed by atoms with van der Waals surface area (Å²) in [6.07, 6.45) is 16.9. The Balaban J connectivity index is 3.78. The molecule has 0 radical (unpaired) electrons. The SMILES string of the molecule is CCCCCCC(CC)CCC(C)CCC(CC)CNCCC. The minimum absolute atomic E-state index is 0.889. The fourth-order valence-corrected chi connectivity index (χ4v) is 3.53. The van der Waals surface area contributed by atoms with E-state index in [1.54, 1.807) is 0 Å². The van der Waals surface area contributed by atoms with Gasteiger partial charge in [0.25, 0.3) is 0 Å². The van der Waals surface area contributed by atoms with E-state index in [2.05, 4.69) is 39.9 Å². The molecule has 1 nitrogen and oxygen atoms in total. The fraction of sp³-hybridized carbons (Fsp3) is 1.00. The van der Waals surface area contributed by atoms with Crippen molar-refractivity contribution in [2.45, 2.75) is 112 Å². The molecule has 0 rings (SSSR count). The van der Waals surface area contributed by atoms with Crippen LogP contribution in [0.4, 0.5) is 0 Å². The van der Waals surface area contributed by atoms with E-state index >= 15 is 0 Å². The third kappa shape index (κ3) is 14.0. The maximum atomic E-state index is 3.60. The van der Waals surface area contributed by atoms with Crippen LogP contribution in [0.2, 0.25) is 0 Å². The Kier molecular flexibility index (Phi) is 16.8. The summed E-state index contributed by atoms with van der Waals surface area (Å²) in [5.74, 6) is 2.79. The molecule has 1 N–H and O–H groups in total. The van der Waals surface area contributed by atoms with Crippen molar-refractivity contribution in [2.24, 2.45) is 17.8 Å². The molecular formula is C22H47N. The molecule has 0 aromatic carbocycles. The quantitative estimate of drug-likeness (QED) is 0.279. The lowest BCUT2D eigenvalue weighted by Gasteiger charge is -2.20. The lowest BCUT2D eigenvalue weighted by atomic mass is 9.87. The first-order valence-electron chi connectivity index (χ1n) is 10.9. The molecule has 3 unspecified atom stereocenters. The summed E-state index contributed by atoms with van der Waals surface area (Å²) in [5, 5.41) is 3.60. The Morgan fingerprint density at radius 2 is 1.30 bits per heavy atom. The van der Waals surface area contributed by atoms with Gasteiger partial charge >= 0.3 is 0 Å². The largest absolute Gasteiger partial charge is 0.316 e. The van der Waals surface area contributed by atoms with Gasteiger partial charge in [0.1, 0.15) is 0 Å². The first-order chi connectivity index (χ1) is 11.2. The molecule has 0 aliphatic rings. The van der Waals surface area contributed by atoms with Crippen LogP contribution in [-0.4, -0.2) is 13.1 Å². The van der Waals surface area contributed by atoms with Crippen LogP contribution in [0, 0.1) is 17.8 Å². The molecule has 0 aliphatic heterocycles. The number of nitrogens with one attached hydrogen (secondary N) is 1. The summed E-state index contributed by atoms with van der Waals surface area (Å²) < 4.78 is 0. The van der Waals surface area contributed by atoms with Gasteiger partial charge in [-0.2, -0.15) is 0 Å². The Morgan fingerprint density at radius 3 is 1.87 bits per heavy atom. The van der Waals surface area contributed by atoms with Crippen LogP contribution in [0.5, 0.6) is 0 Å². The van der Waals surface area contributed by atoms with Gasteiger partial charge < -0.3 is 5.32 Å². The topological polar surface area (TPSA) is 12.0 Å². The summed E-state index contributed by atoms with van der Waals surface area (Å²) in [4.78, 5) is 0. The van der Waals surface area contributed by atoms with Gasteiger partial charge in [-0.25, -0.2) is 0 Å². The summed E-state index contributed by atoms with van der Waals surface area (Å²) in [6.45, 7) is 14.2. The van der Waals surface area contributed by atoms with Crippen molar-refractivity contribution in [3.05, 3.63) is 0 Å². The molecule has 140 valence electrons. The molecular weight excluding hydrogens is 278 g/mol.